The minimum atomic E-state index is -4.58. The lowest BCUT2D eigenvalue weighted by atomic mass is 10.0. The van der Waals surface area contributed by atoms with Crippen molar-refractivity contribution in [2.75, 3.05) is 40.9 Å². The zero-order valence-corrected chi connectivity index (χ0v) is 37.3. The van der Waals surface area contributed by atoms with E-state index in [1.807, 2.05) is 33.3 Å². The van der Waals surface area contributed by atoms with Crippen LogP contribution < -0.4 is 10.2 Å². The summed E-state index contributed by atoms with van der Waals surface area (Å²) in [4.78, 5) is 25.3. The highest BCUT2D eigenvalue weighted by Gasteiger charge is 2.24. The van der Waals surface area contributed by atoms with Crippen LogP contribution in [0.1, 0.15) is 187 Å². The number of carbonyl (C=O) groups is 1. The molecule has 0 rings (SSSR count). The summed E-state index contributed by atoms with van der Waals surface area (Å²) in [6, 6.07) is -0.838. The fourth-order valence-corrected chi connectivity index (χ4v) is 7.01. The van der Waals surface area contributed by atoms with Crippen LogP contribution in [0.25, 0.3) is 0 Å². The van der Waals surface area contributed by atoms with Crippen molar-refractivity contribution in [1.29, 1.82) is 0 Å². The number of likely N-dealkylation sites (N-methyl/N-ethyl adjacent to an activating group) is 1. The van der Waals surface area contributed by atoms with Crippen molar-refractivity contribution in [2.24, 2.45) is 0 Å². The van der Waals surface area contributed by atoms with Crippen LogP contribution >= 0.6 is 7.82 Å². The van der Waals surface area contributed by atoms with Crippen LogP contribution in [0.5, 0.6) is 0 Å². The normalized spacial score (nSPS) is 14.8. The molecule has 0 saturated heterocycles. The van der Waals surface area contributed by atoms with Gasteiger partial charge in [-0.05, 0) is 38.5 Å². The van der Waals surface area contributed by atoms with E-state index in [9.17, 15) is 19.4 Å². The van der Waals surface area contributed by atoms with Gasteiger partial charge in [0.05, 0.1) is 39.9 Å². The lowest BCUT2D eigenvalue weighted by Crippen LogP contribution is -2.46. The Morgan fingerprint density at radius 1 is 0.655 bits per heavy atom. The van der Waals surface area contributed by atoms with Crippen molar-refractivity contribution in [3.05, 3.63) is 48.6 Å². The van der Waals surface area contributed by atoms with Crippen LogP contribution in [0.15, 0.2) is 48.6 Å². The predicted molar refractivity (Wildman–Crippen MR) is 233 cm³/mol. The fraction of sp³-hybridized carbons (Fsp3) is 0.804. The molecule has 0 saturated carbocycles. The van der Waals surface area contributed by atoms with E-state index < -0.39 is 20.0 Å². The highest BCUT2D eigenvalue weighted by atomic mass is 31.2. The zero-order valence-electron chi connectivity index (χ0n) is 36.4. The van der Waals surface area contributed by atoms with Crippen LogP contribution in [-0.4, -0.2) is 68.5 Å². The van der Waals surface area contributed by atoms with E-state index in [4.69, 9.17) is 9.05 Å². The van der Waals surface area contributed by atoms with E-state index in [1.54, 1.807) is 0 Å². The highest BCUT2D eigenvalue weighted by molar-refractivity contribution is 7.45. The molecule has 322 valence electrons. The lowest BCUT2D eigenvalue weighted by molar-refractivity contribution is -0.870. The van der Waals surface area contributed by atoms with E-state index in [0.717, 1.165) is 44.9 Å². The minimum absolute atomic E-state index is 0.00186. The molecule has 0 radical (unpaired) electrons. The molecule has 0 bridgehead atoms. The molecule has 2 N–H and O–H groups in total. The third-order valence-electron chi connectivity index (χ3n) is 9.84. The van der Waals surface area contributed by atoms with Gasteiger partial charge in [0, 0.05) is 6.42 Å². The number of nitrogens with zero attached hydrogens (tertiary/aromatic N) is 1. The summed E-state index contributed by atoms with van der Waals surface area (Å²) in [7, 11) is 1.26. The largest absolute Gasteiger partial charge is 0.756 e. The average Bonchev–Trinajstić information content (AvgIpc) is 3.13. The molecular weight excluding hydrogens is 707 g/mol. The second-order valence-electron chi connectivity index (χ2n) is 16.4. The van der Waals surface area contributed by atoms with E-state index >= 15 is 0 Å². The molecule has 9 heteroatoms. The Balaban J connectivity index is 4.39. The Kier molecular flexibility index (Phi) is 36.9. The Bertz CT molecular complexity index is 1040. The fourth-order valence-electron chi connectivity index (χ4n) is 6.29. The lowest BCUT2D eigenvalue weighted by Gasteiger charge is -2.30. The summed E-state index contributed by atoms with van der Waals surface area (Å²) in [6.07, 6.45) is 47.1. The average molecular weight is 795 g/mol. The van der Waals surface area contributed by atoms with Gasteiger partial charge in [0.1, 0.15) is 13.2 Å². The summed E-state index contributed by atoms with van der Waals surface area (Å²) >= 11 is 0. The SMILES string of the molecule is CC/C=C\C/C=C\C/C=C\C/C=C\CCC(=O)NC(COP(=O)([O-])OCC[N+](C)(C)C)C(O)CCCCCCCCCCCCCCCCCCCCCC. The van der Waals surface area contributed by atoms with E-state index in [-0.39, 0.29) is 25.5 Å². The number of aliphatic hydroxyl groups excluding tert-OH is 1. The van der Waals surface area contributed by atoms with Crippen LogP contribution in [0, 0.1) is 0 Å². The molecule has 0 fully saturated rings. The molecular formula is C46H87N2O6P. The molecule has 0 heterocycles. The molecule has 1 amide bonds. The van der Waals surface area contributed by atoms with Gasteiger partial charge in [-0.2, -0.15) is 0 Å². The quantitative estimate of drug-likeness (QED) is 0.0277. The van der Waals surface area contributed by atoms with Crippen LogP contribution in [0.2, 0.25) is 0 Å². The third-order valence-corrected chi connectivity index (χ3v) is 10.8. The standard InChI is InChI=1S/C46H87N2O6P/c1-6-8-10-12-14-16-18-20-21-22-23-24-25-26-28-29-31-33-35-37-39-45(49)44(43-54-55(51,52)53-42-41-48(3,4)5)47-46(50)40-38-36-34-32-30-27-19-17-15-13-11-9-7-2/h9,11,15,17,27,30,34,36,44-45,49H,6-8,10,12-14,16,18-26,28-29,31-33,35,37-43H2,1-5H3,(H-,47,50,51,52)/b11-9-,17-15-,30-27-,36-34-. The number of rotatable bonds is 40. The van der Waals surface area contributed by atoms with Gasteiger partial charge in [-0.1, -0.05) is 191 Å². The van der Waals surface area contributed by atoms with Crippen molar-refractivity contribution in [2.45, 2.75) is 199 Å². The second kappa shape index (κ2) is 38.0. The van der Waals surface area contributed by atoms with Gasteiger partial charge in [-0.3, -0.25) is 9.36 Å². The maximum atomic E-state index is 12.8. The van der Waals surface area contributed by atoms with Gasteiger partial charge in [0.15, 0.2) is 0 Å². The number of phosphoric ester groups is 1. The monoisotopic (exact) mass is 795 g/mol. The molecule has 0 aromatic heterocycles. The summed E-state index contributed by atoms with van der Waals surface area (Å²) in [6.45, 7) is 4.54. The Labute approximate surface area is 339 Å². The number of aliphatic hydroxyl groups is 1. The maximum Gasteiger partial charge on any atom is 0.268 e. The Morgan fingerprint density at radius 3 is 1.51 bits per heavy atom. The number of allylic oxidation sites excluding steroid dienone is 8. The number of hydrogen-bond acceptors (Lipinski definition) is 6. The molecule has 0 aliphatic carbocycles. The molecule has 0 aromatic carbocycles. The molecule has 8 nitrogen and oxygen atoms in total. The topological polar surface area (TPSA) is 108 Å². The molecule has 3 atom stereocenters. The smallest absolute Gasteiger partial charge is 0.268 e. The number of phosphoric acid groups is 1. The predicted octanol–water partition coefficient (Wildman–Crippen LogP) is 11.8. The van der Waals surface area contributed by atoms with Crippen molar-refractivity contribution in [1.82, 2.24) is 5.32 Å². The first-order valence-corrected chi connectivity index (χ1v) is 23.9. The first kappa shape index (κ1) is 53.5. The van der Waals surface area contributed by atoms with Crippen molar-refractivity contribution < 1.29 is 32.9 Å². The third kappa shape index (κ3) is 40.5. The number of nitrogens with one attached hydrogen (secondary N) is 1. The summed E-state index contributed by atoms with van der Waals surface area (Å²) in [5.74, 6) is -0.245. The Morgan fingerprint density at radius 2 is 1.07 bits per heavy atom. The number of amides is 1. The number of carbonyl (C=O) groups excluding carboxylic acids is 1. The van der Waals surface area contributed by atoms with E-state index in [1.165, 1.54) is 109 Å². The molecule has 0 aliphatic rings. The molecule has 3 unspecified atom stereocenters. The van der Waals surface area contributed by atoms with Gasteiger partial charge in [-0.15, -0.1) is 0 Å². The molecule has 0 aromatic rings. The highest BCUT2D eigenvalue weighted by Crippen LogP contribution is 2.38. The van der Waals surface area contributed by atoms with E-state index in [0.29, 0.717) is 23.9 Å². The van der Waals surface area contributed by atoms with Crippen LogP contribution in [0.4, 0.5) is 0 Å². The second-order valence-corrected chi connectivity index (χ2v) is 17.8. The van der Waals surface area contributed by atoms with Crippen LogP contribution in [-0.2, 0) is 18.4 Å². The minimum Gasteiger partial charge on any atom is -0.756 e. The molecule has 0 spiro atoms. The number of unbranched alkanes of at least 4 members (excludes halogenated alkanes) is 19. The van der Waals surface area contributed by atoms with Gasteiger partial charge in [-0.25, -0.2) is 0 Å². The first-order valence-electron chi connectivity index (χ1n) is 22.5. The number of quaternary nitrogens is 1. The van der Waals surface area contributed by atoms with Gasteiger partial charge in [0.2, 0.25) is 5.91 Å². The summed E-state index contributed by atoms with van der Waals surface area (Å²) < 4.78 is 23.2. The van der Waals surface area contributed by atoms with Gasteiger partial charge < -0.3 is 28.8 Å². The van der Waals surface area contributed by atoms with Crippen LogP contribution in [0.3, 0.4) is 0 Å². The van der Waals surface area contributed by atoms with E-state index in [2.05, 4.69) is 55.6 Å². The van der Waals surface area contributed by atoms with Crippen molar-refractivity contribution in [3.8, 4) is 0 Å². The number of hydrogen-bond donors (Lipinski definition) is 2. The Hall–Kier alpha value is -1.54. The van der Waals surface area contributed by atoms with Crippen molar-refractivity contribution >= 4 is 13.7 Å². The summed E-state index contributed by atoms with van der Waals surface area (Å²) in [5, 5.41) is 13.8. The molecule has 0 aliphatic heterocycles. The first-order chi connectivity index (χ1) is 26.5. The van der Waals surface area contributed by atoms with Gasteiger partial charge >= 0.3 is 0 Å². The maximum absolute atomic E-state index is 12.8. The summed E-state index contributed by atoms with van der Waals surface area (Å²) in [5.41, 5.74) is 0. The molecule has 55 heavy (non-hydrogen) atoms. The van der Waals surface area contributed by atoms with Crippen molar-refractivity contribution in [3.63, 3.8) is 0 Å². The van der Waals surface area contributed by atoms with Gasteiger partial charge in [0.25, 0.3) is 7.82 Å². The zero-order chi connectivity index (χ0) is 40.7.